The Bertz CT molecular complexity index is 869. The SMILES string of the molecule is CCCCCCCCCCCCCC(=O)OCCCCCC(CCCCCOC(=O)CCCCCCCCCCCCC)OC(=O)NCCCN(C)CCCCN(C)C. The molecule has 0 spiro atoms. The smallest absolute Gasteiger partial charge is 0.407 e. The zero-order valence-corrected chi connectivity index (χ0v) is 39.9. The summed E-state index contributed by atoms with van der Waals surface area (Å²) in [5, 5.41) is 2.97. The first-order valence-electron chi connectivity index (χ1n) is 25.4. The molecule has 0 radical (unpaired) electrons. The van der Waals surface area contributed by atoms with Gasteiger partial charge in [0.1, 0.15) is 6.10 Å². The predicted octanol–water partition coefficient (Wildman–Crippen LogP) is 13.4. The number of unbranched alkanes of at least 4 members (excludes halogenated alkanes) is 25. The Hall–Kier alpha value is -1.87. The number of carbonyl (C=O) groups is 3. The van der Waals surface area contributed by atoms with Crippen molar-refractivity contribution in [3.63, 3.8) is 0 Å². The summed E-state index contributed by atoms with van der Waals surface area (Å²) in [7, 11) is 6.36. The molecule has 0 aromatic carbocycles. The highest BCUT2D eigenvalue weighted by molar-refractivity contribution is 5.69. The average molecular weight is 838 g/mol. The van der Waals surface area contributed by atoms with E-state index in [1.54, 1.807) is 0 Å². The largest absolute Gasteiger partial charge is 0.466 e. The fraction of sp³-hybridized carbons (Fsp3) is 0.940. The van der Waals surface area contributed by atoms with Gasteiger partial charge in [-0.1, -0.05) is 142 Å². The zero-order valence-electron chi connectivity index (χ0n) is 39.9. The first kappa shape index (κ1) is 57.1. The number of carbonyl (C=O) groups excluding carboxylic acids is 3. The van der Waals surface area contributed by atoms with E-state index >= 15 is 0 Å². The Morgan fingerprint density at radius 1 is 0.441 bits per heavy atom. The van der Waals surface area contributed by atoms with Crippen molar-refractivity contribution >= 4 is 18.0 Å². The minimum Gasteiger partial charge on any atom is -0.466 e. The summed E-state index contributed by atoms with van der Waals surface area (Å²) < 4.78 is 17.0. The molecule has 0 bridgehead atoms. The lowest BCUT2D eigenvalue weighted by atomic mass is 10.0. The van der Waals surface area contributed by atoms with E-state index in [9.17, 15) is 14.4 Å². The maximum atomic E-state index is 12.8. The Kier molecular flexibility index (Phi) is 44.2. The third-order valence-electron chi connectivity index (χ3n) is 11.5. The Morgan fingerprint density at radius 3 is 1.24 bits per heavy atom. The molecule has 0 atom stereocenters. The van der Waals surface area contributed by atoms with Crippen LogP contribution in [0.25, 0.3) is 0 Å². The molecule has 1 amide bonds. The molecule has 0 aliphatic rings. The van der Waals surface area contributed by atoms with Gasteiger partial charge in [-0.05, 0) is 124 Å². The highest BCUT2D eigenvalue weighted by Crippen LogP contribution is 2.17. The third-order valence-corrected chi connectivity index (χ3v) is 11.5. The monoisotopic (exact) mass is 838 g/mol. The lowest BCUT2D eigenvalue weighted by Gasteiger charge is -2.19. The number of ether oxygens (including phenoxy) is 3. The van der Waals surface area contributed by atoms with E-state index < -0.39 is 0 Å². The van der Waals surface area contributed by atoms with Crippen LogP contribution in [0.4, 0.5) is 4.79 Å². The van der Waals surface area contributed by atoms with Crippen LogP contribution >= 0.6 is 0 Å². The summed E-state index contributed by atoms with van der Waals surface area (Å²) in [4.78, 5) is 41.8. The van der Waals surface area contributed by atoms with Crippen LogP contribution in [0, 0.1) is 0 Å². The maximum absolute atomic E-state index is 12.8. The van der Waals surface area contributed by atoms with Gasteiger partial charge in [0, 0.05) is 19.4 Å². The highest BCUT2D eigenvalue weighted by Gasteiger charge is 2.15. The summed E-state index contributed by atoms with van der Waals surface area (Å²) in [6, 6.07) is 0. The van der Waals surface area contributed by atoms with E-state index in [0.29, 0.717) is 32.6 Å². The molecule has 59 heavy (non-hydrogen) atoms. The van der Waals surface area contributed by atoms with Crippen LogP contribution in [-0.2, 0) is 23.8 Å². The molecule has 0 rings (SSSR count). The van der Waals surface area contributed by atoms with Crippen LogP contribution in [0.5, 0.6) is 0 Å². The molecule has 0 aromatic heterocycles. The van der Waals surface area contributed by atoms with Crippen LogP contribution in [0.1, 0.15) is 239 Å². The number of hydrogen-bond acceptors (Lipinski definition) is 8. The van der Waals surface area contributed by atoms with E-state index in [1.807, 2.05) is 0 Å². The molecule has 9 nitrogen and oxygen atoms in total. The molecule has 1 N–H and O–H groups in total. The van der Waals surface area contributed by atoms with Crippen LogP contribution < -0.4 is 5.32 Å². The van der Waals surface area contributed by atoms with Gasteiger partial charge in [-0.25, -0.2) is 4.79 Å². The number of nitrogens with zero attached hydrogens (tertiary/aromatic N) is 2. The fourth-order valence-corrected chi connectivity index (χ4v) is 7.60. The minimum absolute atomic E-state index is 0.0749. The number of hydrogen-bond donors (Lipinski definition) is 1. The lowest BCUT2D eigenvalue weighted by molar-refractivity contribution is -0.144. The highest BCUT2D eigenvalue weighted by atomic mass is 16.6. The van der Waals surface area contributed by atoms with Gasteiger partial charge in [0.2, 0.25) is 0 Å². The summed E-state index contributed by atoms with van der Waals surface area (Å²) in [5.74, 6) is -0.150. The molecule has 9 heteroatoms. The van der Waals surface area contributed by atoms with Gasteiger partial charge in [0.15, 0.2) is 0 Å². The van der Waals surface area contributed by atoms with Crippen molar-refractivity contribution in [1.82, 2.24) is 15.1 Å². The van der Waals surface area contributed by atoms with Crippen molar-refractivity contribution in [3.05, 3.63) is 0 Å². The molecule has 0 aliphatic heterocycles. The number of amides is 1. The van der Waals surface area contributed by atoms with E-state index in [4.69, 9.17) is 14.2 Å². The van der Waals surface area contributed by atoms with Crippen molar-refractivity contribution in [3.8, 4) is 0 Å². The zero-order chi connectivity index (χ0) is 43.3. The molecule has 0 aromatic rings. The van der Waals surface area contributed by atoms with Crippen molar-refractivity contribution in [2.24, 2.45) is 0 Å². The molecule has 0 fully saturated rings. The molecule has 0 saturated carbocycles. The standard InChI is InChI=1S/C50H99N3O6/c1-6-8-10-12-14-16-18-20-22-24-30-39-48(54)57-45-34-26-28-37-47(59-50(56)51-41-36-44-53(5)43-33-32-42-52(3)4)38-29-27-35-46-58-49(55)40-31-25-23-21-19-17-15-13-11-9-7-2/h47H,6-46H2,1-5H3,(H,51,56). The number of esters is 2. The predicted molar refractivity (Wildman–Crippen MR) is 249 cm³/mol. The van der Waals surface area contributed by atoms with Gasteiger partial charge in [-0.15, -0.1) is 0 Å². The second-order valence-electron chi connectivity index (χ2n) is 17.8. The third kappa shape index (κ3) is 45.5. The van der Waals surface area contributed by atoms with Gasteiger partial charge in [0.05, 0.1) is 13.2 Å². The lowest BCUT2D eigenvalue weighted by Crippen LogP contribution is -2.32. The Labute approximate surface area is 366 Å². The maximum Gasteiger partial charge on any atom is 0.407 e. The average Bonchev–Trinajstić information content (AvgIpc) is 3.21. The summed E-state index contributed by atoms with van der Waals surface area (Å²) in [5.41, 5.74) is 0. The van der Waals surface area contributed by atoms with Crippen LogP contribution in [0.3, 0.4) is 0 Å². The minimum atomic E-state index is -0.337. The molecule has 0 saturated heterocycles. The van der Waals surface area contributed by atoms with Crippen LogP contribution in [-0.4, -0.2) is 94.5 Å². The van der Waals surface area contributed by atoms with Crippen molar-refractivity contribution < 1.29 is 28.6 Å². The van der Waals surface area contributed by atoms with E-state index in [1.165, 1.54) is 128 Å². The van der Waals surface area contributed by atoms with Gasteiger partial charge < -0.3 is 29.3 Å². The number of alkyl carbamates (subject to hydrolysis) is 1. The molecule has 0 unspecified atom stereocenters. The van der Waals surface area contributed by atoms with E-state index in [-0.39, 0.29) is 24.1 Å². The fourth-order valence-electron chi connectivity index (χ4n) is 7.60. The Balaban J connectivity index is 4.28. The summed E-state index contributed by atoms with van der Waals surface area (Å²) in [6.45, 7) is 9.17. The van der Waals surface area contributed by atoms with Crippen molar-refractivity contribution in [2.75, 3.05) is 60.5 Å². The van der Waals surface area contributed by atoms with Gasteiger partial charge in [-0.2, -0.15) is 0 Å². The molecule has 350 valence electrons. The second kappa shape index (κ2) is 45.7. The molecule has 0 aliphatic carbocycles. The first-order valence-corrected chi connectivity index (χ1v) is 25.4. The number of rotatable bonds is 46. The van der Waals surface area contributed by atoms with Gasteiger partial charge in [0.25, 0.3) is 0 Å². The quantitative estimate of drug-likeness (QED) is 0.0368. The topological polar surface area (TPSA) is 97.4 Å². The normalized spacial score (nSPS) is 11.5. The summed E-state index contributed by atoms with van der Waals surface area (Å²) in [6.07, 6.45) is 38.7. The Morgan fingerprint density at radius 2 is 0.814 bits per heavy atom. The van der Waals surface area contributed by atoms with Crippen molar-refractivity contribution in [2.45, 2.75) is 245 Å². The van der Waals surface area contributed by atoms with E-state index in [0.717, 1.165) is 103 Å². The van der Waals surface area contributed by atoms with E-state index in [2.05, 4.69) is 50.1 Å². The van der Waals surface area contributed by atoms with Gasteiger partial charge in [-0.3, -0.25) is 9.59 Å². The number of nitrogens with one attached hydrogen (secondary N) is 1. The second-order valence-corrected chi connectivity index (χ2v) is 17.8. The van der Waals surface area contributed by atoms with Crippen LogP contribution in [0.2, 0.25) is 0 Å². The van der Waals surface area contributed by atoms with Crippen LogP contribution in [0.15, 0.2) is 0 Å². The van der Waals surface area contributed by atoms with Crippen molar-refractivity contribution in [1.29, 1.82) is 0 Å². The van der Waals surface area contributed by atoms with Gasteiger partial charge >= 0.3 is 18.0 Å². The molecular weight excluding hydrogens is 739 g/mol. The first-order chi connectivity index (χ1) is 28.8. The molecular formula is C50H99N3O6. The molecule has 0 heterocycles. The summed E-state index contributed by atoms with van der Waals surface area (Å²) >= 11 is 0.